The third-order valence-electron chi connectivity index (χ3n) is 9.06. The topological polar surface area (TPSA) is 197 Å². The number of rotatable bonds is 16. The lowest BCUT2D eigenvalue weighted by Crippen LogP contribution is -2.58. The fourth-order valence-corrected chi connectivity index (χ4v) is 6.34. The van der Waals surface area contributed by atoms with E-state index in [1.165, 1.54) is 0 Å². The smallest absolute Gasteiger partial charge is 0.408 e. The molecule has 0 aliphatic carbocycles. The number of aliphatic imine (C=N–C) groups is 1. The molecule has 1 saturated heterocycles. The Bertz CT molecular complexity index is 1800. The molecule has 0 spiro atoms. The molecule has 1 aliphatic heterocycles. The van der Waals surface area contributed by atoms with Gasteiger partial charge in [-0.3, -0.25) is 19.4 Å². The van der Waals surface area contributed by atoms with Gasteiger partial charge in [0.15, 0.2) is 5.96 Å². The van der Waals surface area contributed by atoms with E-state index in [-0.39, 0.29) is 44.3 Å². The van der Waals surface area contributed by atoms with Gasteiger partial charge in [-0.1, -0.05) is 78.9 Å². The Morgan fingerprint density at radius 3 is 2.10 bits per heavy atom. The molecule has 3 atom stereocenters. The lowest BCUT2D eigenvalue weighted by molar-refractivity contribution is -0.138. The molecule has 0 radical (unpaired) electrons. The molecule has 8 N–H and O–H groups in total. The number of fused-ring (bicyclic) bond motifs is 1. The number of H-pyrrole nitrogens is 1. The summed E-state index contributed by atoms with van der Waals surface area (Å²) in [4.78, 5) is 64.2. The average molecular weight is 709 g/mol. The maximum absolute atomic E-state index is 14.3. The molecule has 3 aromatic carbocycles. The molecule has 13 heteroatoms. The van der Waals surface area contributed by atoms with Crippen molar-refractivity contribution in [3.63, 3.8) is 0 Å². The minimum Gasteiger partial charge on any atom is -0.445 e. The molecule has 1 aromatic heterocycles. The third-order valence-corrected chi connectivity index (χ3v) is 9.06. The zero-order valence-electron chi connectivity index (χ0n) is 29.3. The van der Waals surface area contributed by atoms with Gasteiger partial charge in [0.2, 0.25) is 17.7 Å². The fourth-order valence-electron chi connectivity index (χ4n) is 6.34. The van der Waals surface area contributed by atoms with E-state index in [1.54, 1.807) is 0 Å². The summed E-state index contributed by atoms with van der Waals surface area (Å²) in [6.45, 7) is 1.49. The number of piperidine rings is 1. The van der Waals surface area contributed by atoms with E-state index >= 15 is 0 Å². The first kappa shape index (κ1) is 37.4. The normalized spacial score (nSPS) is 14.4. The van der Waals surface area contributed by atoms with Crippen molar-refractivity contribution in [2.24, 2.45) is 16.5 Å². The maximum atomic E-state index is 14.3. The van der Waals surface area contributed by atoms with Crippen LogP contribution in [0.2, 0.25) is 0 Å². The summed E-state index contributed by atoms with van der Waals surface area (Å²) in [5, 5.41) is 9.45. The van der Waals surface area contributed by atoms with Crippen LogP contribution in [-0.2, 0) is 38.6 Å². The molecular weight excluding hydrogens is 660 g/mol. The highest BCUT2D eigenvalue weighted by Gasteiger charge is 2.32. The van der Waals surface area contributed by atoms with Crippen molar-refractivity contribution in [3.05, 3.63) is 108 Å². The van der Waals surface area contributed by atoms with Crippen LogP contribution in [0.4, 0.5) is 4.79 Å². The van der Waals surface area contributed by atoms with Crippen LogP contribution in [-0.4, -0.2) is 77.4 Å². The zero-order valence-corrected chi connectivity index (χ0v) is 29.3. The molecule has 52 heavy (non-hydrogen) atoms. The summed E-state index contributed by atoms with van der Waals surface area (Å²) < 4.78 is 5.41. The quantitative estimate of drug-likeness (QED) is 0.0583. The molecule has 1 fully saturated rings. The number of guanidine groups is 1. The van der Waals surface area contributed by atoms with Crippen LogP contribution in [0.5, 0.6) is 0 Å². The van der Waals surface area contributed by atoms with Crippen molar-refractivity contribution in [1.82, 2.24) is 25.8 Å². The van der Waals surface area contributed by atoms with E-state index < -0.39 is 36.0 Å². The van der Waals surface area contributed by atoms with E-state index in [4.69, 9.17) is 16.2 Å². The minimum atomic E-state index is -1.10. The molecular formula is C39H48N8O5. The Morgan fingerprint density at radius 1 is 0.750 bits per heavy atom. The highest BCUT2D eigenvalue weighted by molar-refractivity contribution is 5.95. The molecule has 0 bridgehead atoms. The van der Waals surface area contributed by atoms with Crippen molar-refractivity contribution in [1.29, 1.82) is 0 Å². The number of nitrogens with one attached hydrogen (secondary N) is 4. The van der Waals surface area contributed by atoms with Crippen LogP contribution in [0.3, 0.4) is 0 Å². The molecule has 4 aromatic rings. The van der Waals surface area contributed by atoms with E-state index in [2.05, 4.69) is 25.9 Å². The Kier molecular flexibility index (Phi) is 13.6. The van der Waals surface area contributed by atoms with Gasteiger partial charge >= 0.3 is 6.09 Å². The Labute approximate surface area is 303 Å². The molecule has 1 aliphatic rings. The summed E-state index contributed by atoms with van der Waals surface area (Å²) in [5.74, 6) is -1.36. The van der Waals surface area contributed by atoms with E-state index in [0.29, 0.717) is 19.5 Å². The SMILES string of the molecule is NC(N)=NCCC[C@H](NC(=O)OCc1ccccc1)C(=O)N[C@@H](Cc1c[nH]c2ccccc12)C(=O)N[C@@H](Cc1ccccc1)C(=O)N1CCCCC1. The lowest BCUT2D eigenvalue weighted by atomic mass is 10.0. The van der Waals surface area contributed by atoms with Gasteiger partial charge in [-0.15, -0.1) is 0 Å². The third kappa shape index (κ3) is 11.1. The number of aromatic amines is 1. The summed E-state index contributed by atoms with van der Waals surface area (Å²) >= 11 is 0. The van der Waals surface area contributed by atoms with E-state index in [9.17, 15) is 19.2 Å². The first-order valence-corrected chi connectivity index (χ1v) is 17.8. The van der Waals surface area contributed by atoms with Crippen molar-refractivity contribution in [3.8, 4) is 0 Å². The number of ether oxygens (including phenoxy) is 1. The van der Waals surface area contributed by atoms with Gasteiger partial charge in [0.25, 0.3) is 0 Å². The van der Waals surface area contributed by atoms with E-state index in [0.717, 1.165) is 46.9 Å². The van der Waals surface area contributed by atoms with E-state index in [1.807, 2.05) is 96.0 Å². The van der Waals surface area contributed by atoms with Crippen molar-refractivity contribution >= 4 is 40.7 Å². The Hall–Kier alpha value is -5.85. The first-order chi connectivity index (χ1) is 25.3. The van der Waals surface area contributed by atoms with Gasteiger partial charge in [0.05, 0.1) is 0 Å². The number of nitrogens with two attached hydrogens (primary N) is 2. The predicted octanol–water partition coefficient (Wildman–Crippen LogP) is 3.28. The second-order valence-electron chi connectivity index (χ2n) is 13.0. The van der Waals surface area contributed by atoms with Gasteiger partial charge in [0, 0.05) is 49.6 Å². The van der Waals surface area contributed by atoms with Crippen molar-refractivity contribution < 1.29 is 23.9 Å². The van der Waals surface area contributed by atoms with Gasteiger partial charge < -0.3 is 42.0 Å². The number of alkyl carbamates (subject to hydrolysis) is 1. The molecule has 2 heterocycles. The Morgan fingerprint density at radius 2 is 1.38 bits per heavy atom. The highest BCUT2D eigenvalue weighted by Crippen LogP contribution is 2.20. The summed E-state index contributed by atoms with van der Waals surface area (Å²) in [5.41, 5.74) is 14.3. The van der Waals surface area contributed by atoms with Crippen molar-refractivity contribution in [2.45, 2.75) is 69.7 Å². The van der Waals surface area contributed by atoms with Gasteiger partial charge in [-0.05, 0) is 54.9 Å². The standard InChI is InChI=1S/C39H48N8O5/c40-38(41)42-20-12-19-32(46-39(51)52-26-28-15-6-2-7-16-28)35(48)44-33(24-29-25-43-31-18-9-8-17-30(29)31)36(49)45-34(23-27-13-4-1-5-14-27)37(50)47-21-10-3-11-22-47/h1-2,4-9,13-18,25,32-34,43H,3,10-12,19-24,26H2,(H,44,48)(H,45,49)(H,46,51)(H4,40,41,42)/t32-,33-,34-/m0/s1. The number of nitrogens with zero attached hydrogens (tertiary/aromatic N) is 2. The first-order valence-electron chi connectivity index (χ1n) is 17.8. The Balaban J connectivity index is 1.37. The van der Waals surface area contributed by atoms with Crippen LogP contribution in [0.15, 0.2) is 96.1 Å². The summed E-state index contributed by atoms with van der Waals surface area (Å²) in [6.07, 6.45) is 4.81. The summed E-state index contributed by atoms with van der Waals surface area (Å²) in [6, 6.07) is 23.3. The predicted molar refractivity (Wildman–Crippen MR) is 200 cm³/mol. The fraction of sp³-hybridized carbons (Fsp3) is 0.359. The van der Waals surface area contributed by atoms with Crippen LogP contribution in [0, 0.1) is 0 Å². The second-order valence-corrected chi connectivity index (χ2v) is 13.0. The maximum Gasteiger partial charge on any atom is 0.408 e. The number of aromatic nitrogens is 1. The molecule has 0 unspecified atom stereocenters. The van der Waals surface area contributed by atoms with Crippen LogP contribution in [0.1, 0.15) is 48.8 Å². The van der Waals surface area contributed by atoms with Crippen LogP contribution >= 0.6 is 0 Å². The number of carbonyl (C=O) groups is 4. The van der Waals surface area contributed by atoms with Crippen LogP contribution in [0.25, 0.3) is 10.9 Å². The average Bonchev–Trinajstić information content (AvgIpc) is 3.58. The molecule has 4 amide bonds. The number of carbonyl (C=O) groups excluding carboxylic acids is 4. The number of likely N-dealkylation sites (tertiary alicyclic amines) is 1. The van der Waals surface area contributed by atoms with Gasteiger partial charge in [0.1, 0.15) is 24.7 Å². The van der Waals surface area contributed by atoms with Gasteiger partial charge in [-0.2, -0.15) is 0 Å². The number of hydrogen-bond donors (Lipinski definition) is 6. The number of hydrogen-bond acceptors (Lipinski definition) is 6. The van der Waals surface area contributed by atoms with Crippen LogP contribution < -0.4 is 27.4 Å². The lowest BCUT2D eigenvalue weighted by Gasteiger charge is -2.32. The molecule has 0 saturated carbocycles. The zero-order chi connectivity index (χ0) is 36.7. The van der Waals surface area contributed by atoms with Gasteiger partial charge in [-0.25, -0.2) is 4.79 Å². The monoisotopic (exact) mass is 708 g/mol. The molecule has 13 nitrogen and oxygen atoms in total. The minimum absolute atomic E-state index is 0.00839. The highest BCUT2D eigenvalue weighted by atomic mass is 16.5. The number of para-hydroxylation sites is 1. The molecule has 5 rings (SSSR count). The molecule has 274 valence electrons. The number of amides is 4. The second kappa shape index (κ2) is 18.9. The number of benzene rings is 3. The summed E-state index contributed by atoms with van der Waals surface area (Å²) in [7, 11) is 0. The van der Waals surface area contributed by atoms with Crippen molar-refractivity contribution in [2.75, 3.05) is 19.6 Å². The largest absolute Gasteiger partial charge is 0.445 e.